The second-order valence-corrected chi connectivity index (χ2v) is 9.29. The van der Waals surface area contributed by atoms with Crippen LogP contribution < -0.4 is 19.1 Å². The first-order chi connectivity index (χ1) is 17.0. The van der Waals surface area contributed by atoms with Gasteiger partial charge in [0.1, 0.15) is 0 Å². The number of fused-ring (bicyclic) bond motifs is 1. The second kappa shape index (κ2) is 11.7. The predicted octanol–water partition coefficient (Wildman–Crippen LogP) is 4.35. The van der Waals surface area contributed by atoms with Crippen molar-refractivity contribution in [2.45, 2.75) is 0 Å². The summed E-state index contributed by atoms with van der Waals surface area (Å²) < 4.78 is 22.6. The Morgan fingerprint density at radius 1 is 1.14 bits per heavy atom. The molecule has 0 atom stereocenters. The van der Waals surface area contributed by atoms with E-state index in [1.807, 2.05) is 12.1 Å². The summed E-state index contributed by atoms with van der Waals surface area (Å²) in [4.78, 5) is 22.1. The van der Waals surface area contributed by atoms with E-state index in [-0.39, 0.29) is 5.91 Å². The van der Waals surface area contributed by atoms with E-state index in [9.17, 15) is 4.79 Å². The molecular weight excluding hydrogens is 490 g/mol. The fraction of sp³-hybridized carbons (Fsp3) is 0.360. The van der Waals surface area contributed by atoms with Gasteiger partial charge >= 0.3 is 0 Å². The molecular formula is C25H28ClN3O5S. The van der Waals surface area contributed by atoms with E-state index < -0.39 is 0 Å². The van der Waals surface area contributed by atoms with Crippen LogP contribution in [0.25, 0.3) is 16.3 Å². The number of amides is 1. The Bertz CT molecular complexity index is 1180. The van der Waals surface area contributed by atoms with Gasteiger partial charge in [0.2, 0.25) is 5.75 Å². The number of anilines is 1. The highest BCUT2D eigenvalue weighted by Gasteiger charge is 2.20. The monoisotopic (exact) mass is 517 g/mol. The molecule has 1 amide bonds. The van der Waals surface area contributed by atoms with E-state index in [2.05, 4.69) is 4.90 Å². The van der Waals surface area contributed by atoms with Crippen LogP contribution >= 0.6 is 22.9 Å². The van der Waals surface area contributed by atoms with Crippen molar-refractivity contribution in [3.8, 4) is 17.2 Å². The third-order valence-corrected chi connectivity index (χ3v) is 6.96. The summed E-state index contributed by atoms with van der Waals surface area (Å²) >= 11 is 7.61. The van der Waals surface area contributed by atoms with Gasteiger partial charge in [-0.1, -0.05) is 22.9 Å². The third-order valence-electron chi connectivity index (χ3n) is 5.69. The van der Waals surface area contributed by atoms with Crippen molar-refractivity contribution in [1.82, 2.24) is 9.88 Å². The minimum absolute atomic E-state index is 0.169. The Labute approximate surface area is 213 Å². The average molecular weight is 518 g/mol. The van der Waals surface area contributed by atoms with Gasteiger partial charge in [0.25, 0.3) is 5.91 Å². The molecule has 0 spiro atoms. The maximum Gasteiger partial charge on any atom is 0.252 e. The van der Waals surface area contributed by atoms with Gasteiger partial charge in [-0.05, 0) is 42.0 Å². The van der Waals surface area contributed by atoms with Crippen LogP contribution in [0.1, 0.15) is 5.56 Å². The average Bonchev–Trinajstić information content (AvgIpc) is 3.30. The number of morpholine rings is 1. The Morgan fingerprint density at radius 3 is 2.51 bits per heavy atom. The number of aromatic nitrogens is 1. The Morgan fingerprint density at radius 2 is 1.86 bits per heavy atom. The van der Waals surface area contributed by atoms with Crippen LogP contribution in [0, 0.1) is 0 Å². The number of hydrogen-bond donors (Lipinski definition) is 0. The Hall–Kier alpha value is -2.85. The van der Waals surface area contributed by atoms with E-state index in [1.54, 1.807) is 56.6 Å². The smallest absolute Gasteiger partial charge is 0.252 e. The van der Waals surface area contributed by atoms with E-state index in [1.165, 1.54) is 11.3 Å². The molecule has 1 aromatic heterocycles. The molecule has 10 heteroatoms. The molecule has 3 aromatic rings. The number of thiazole rings is 1. The fourth-order valence-corrected chi connectivity index (χ4v) is 5.10. The number of methoxy groups -OCH3 is 3. The minimum Gasteiger partial charge on any atom is -0.493 e. The molecule has 186 valence electrons. The van der Waals surface area contributed by atoms with Crippen LogP contribution in [0.2, 0.25) is 5.02 Å². The molecule has 1 aliphatic heterocycles. The van der Waals surface area contributed by atoms with E-state index >= 15 is 0 Å². The zero-order valence-electron chi connectivity index (χ0n) is 20.0. The van der Waals surface area contributed by atoms with Crippen LogP contribution in [0.4, 0.5) is 5.13 Å². The zero-order valence-corrected chi connectivity index (χ0v) is 21.5. The molecule has 8 nitrogen and oxygen atoms in total. The van der Waals surface area contributed by atoms with Gasteiger partial charge in [0, 0.05) is 37.3 Å². The van der Waals surface area contributed by atoms with Crippen molar-refractivity contribution >= 4 is 50.3 Å². The summed E-state index contributed by atoms with van der Waals surface area (Å²) in [5.74, 6) is 1.37. The van der Waals surface area contributed by atoms with E-state index in [4.69, 9.17) is 35.5 Å². The minimum atomic E-state index is -0.169. The Balaban J connectivity index is 1.60. The molecule has 1 saturated heterocycles. The Kier molecular flexibility index (Phi) is 8.46. The normalized spacial score (nSPS) is 14.4. The summed E-state index contributed by atoms with van der Waals surface area (Å²) in [5.41, 5.74) is 1.56. The molecule has 0 bridgehead atoms. The lowest BCUT2D eigenvalue weighted by molar-refractivity contribution is -0.114. The number of nitrogens with zero attached hydrogens (tertiary/aromatic N) is 3. The molecule has 2 heterocycles. The zero-order chi connectivity index (χ0) is 24.8. The molecule has 4 rings (SSSR count). The number of hydrogen-bond acceptors (Lipinski definition) is 8. The lowest BCUT2D eigenvalue weighted by Crippen LogP contribution is -2.42. The number of carbonyl (C=O) groups is 1. The maximum absolute atomic E-state index is 13.4. The highest BCUT2D eigenvalue weighted by atomic mass is 35.5. The molecule has 0 aliphatic carbocycles. The molecule has 0 unspecified atom stereocenters. The quantitative estimate of drug-likeness (QED) is 0.390. The lowest BCUT2D eigenvalue weighted by atomic mass is 10.1. The number of halogens is 1. The molecule has 0 N–H and O–H groups in total. The molecule has 35 heavy (non-hydrogen) atoms. The summed E-state index contributed by atoms with van der Waals surface area (Å²) in [7, 11) is 4.67. The maximum atomic E-state index is 13.4. The van der Waals surface area contributed by atoms with Crippen molar-refractivity contribution in [2.75, 3.05) is 65.6 Å². The number of benzene rings is 2. The predicted molar refractivity (Wildman–Crippen MR) is 139 cm³/mol. The highest BCUT2D eigenvalue weighted by molar-refractivity contribution is 7.22. The topological polar surface area (TPSA) is 73.4 Å². The van der Waals surface area contributed by atoms with Crippen LogP contribution in [-0.2, 0) is 9.53 Å². The van der Waals surface area contributed by atoms with Crippen LogP contribution in [0.15, 0.2) is 36.4 Å². The van der Waals surface area contributed by atoms with Gasteiger partial charge in [0.15, 0.2) is 16.6 Å². The van der Waals surface area contributed by atoms with Gasteiger partial charge in [-0.25, -0.2) is 4.98 Å². The summed E-state index contributed by atoms with van der Waals surface area (Å²) in [5, 5.41) is 1.27. The SMILES string of the molecule is COc1cc(/C=C/C(=O)N(CCN2CCOCC2)c2nc3ccc(Cl)cc3s2)cc(OC)c1OC. The van der Waals surface area contributed by atoms with Crippen LogP contribution in [0.3, 0.4) is 0 Å². The highest BCUT2D eigenvalue weighted by Crippen LogP contribution is 2.38. The molecule has 1 fully saturated rings. The fourth-order valence-electron chi connectivity index (χ4n) is 3.82. The third kappa shape index (κ3) is 6.05. The van der Waals surface area contributed by atoms with Gasteiger partial charge in [0.05, 0.1) is 44.8 Å². The molecule has 2 aromatic carbocycles. The standard InChI is InChI=1S/C25H28ClN3O5S/c1-31-20-14-17(15-21(32-2)24(20)33-3)4-7-23(30)29(9-8-28-10-12-34-13-11-28)25-27-19-6-5-18(26)16-22(19)35-25/h4-7,14-16H,8-13H2,1-3H3/b7-4+. The summed E-state index contributed by atoms with van der Waals surface area (Å²) in [6.07, 6.45) is 3.28. The first kappa shape index (κ1) is 25.2. The van der Waals surface area contributed by atoms with Crippen molar-refractivity contribution < 1.29 is 23.7 Å². The van der Waals surface area contributed by atoms with Gasteiger partial charge < -0.3 is 18.9 Å². The van der Waals surface area contributed by atoms with E-state index in [0.717, 1.165) is 35.4 Å². The van der Waals surface area contributed by atoms with Gasteiger partial charge in [-0.2, -0.15) is 0 Å². The summed E-state index contributed by atoms with van der Waals surface area (Å²) in [6.45, 7) is 4.33. The van der Waals surface area contributed by atoms with Crippen molar-refractivity contribution in [3.63, 3.8) is 0 Å². The van der Waals surface area contributed by atoms with Gasteiger partial charge in [-0.3, -0.25) is 14.6 Å². The molecule has 0 saturated carbocycles. The second-order valence-electron chi connectivity index (χ2n) is 7.84. The number of rotatable bonds is 9. The van der Waals surface area contributed by atoms with Crippen LogP contribution in [0.5, 0.6) is 17.2 Å². The van der Waals surface area contributed by atoms with Crippen molar-refractivity contribution in [1.29, 1.82) is 0 Å². The summed E-state index contributed by atoms with van der Waals surface area (Å²) in [6, 6.07) is 9.13. The largest absolute Gasteiger partial charge is 0.493 e. The first-order valence-corrected chi connectivity index (χ1v) is 12.4. The first-order valence-electron chi connectivity index (χ1n) is 11.2. The van der Waals surface area contributed by atoms with Crippen molar-refractivity contribution in [2.24, 2.45) is 0 Å². The van der Waals surface area contributed by atoms with Gasteiger partial charge in [-0.15, -0.1) is 0 Å². The number of carbonyl (C=O) groups excluding carboxylic acids is 1. The molecule has 0 radical (unpaired) electrons. The van der Waals surface area contributed by atoms with Crippen LogP contribution in [-0.4, -0.2) is 76.5 Å². The number of ether oxygens (including phenoxy) is 4. The lowest BCUT2D eigenvalue weighted by Gasteiger charge is -2.28. The van der Waals surface area contributed by atoms with Crippen molar-refractivity contribution in [3.05, 3.63) is 47.0 Å². The molecule has 1 aliphatic rings. The van der Waals surface area contributed by atoms with E-state index in [0.29, 0.717) is 47.2 Å².